The molecule has 0 saturated carbocycles. The number of para-hydroxylation sites is 1. The molecule has 0 aromatic heterocycles. The number of amides is 2. The van der Waals surface area contributed by atoms with E-state index < -0.39 is 18.4 Å². The first-order chi connectivity index (χ1) is 14.5. The number of anilines is 1. The van der Waals surface area contributed by atoms with Gasteiger partial charge in [-0.3, -0.25) is 0 Å². The molecule has 158 valence electrons. The highest BCUT2D eigenvalue weighted by atomic mass is 32.2. The summed E-state index contributed by atoms with van der Waals surface area (Å²) in [5.41, 5.74) is 2.78. The van der Waals surface area contributed by atoms with Crippen LogP contribution in [0.2, 0.25) is 0 Å². The van der Waals surface area contributed by atoms with Crippen LogP contribution in [0, 0.1) is 6.92 Å². The Morgan fingerprint density at radius 3 is 2.27 bits per heavy atom. The molecule has 30 heavy (non-hydrogen) atoms. The maximum absolute atomic E-state index is 12.8. The van der Waals surface area contributed by atoms with Crippen LogP contribution in [-0.2, 0) is 9.47 Å². The number of aryl methyl sites for hydroxylation is 1. The first kappa shape index (κ1) is 21.6. The molecule has 2 amide bonds. The molecule has 1 aliphatic rings. The van der Waals surface area contributed by atoms with E-state index in [1.54, 1.807) is 13.8 Å². The highest BCUT2D eigenvalue weighted by Crippen LogP contribution is 2.38. The number of ether oxygens (including phenoxy) is 2. The lowest BCUT2D eigenvalue weighted by molar-refractivity contribution is 0.0212. The third-order valence-corrected chi connectivity index (χ3v) is 5.41. The number of hydrogen-bond donors (Lipinski definition) is 1. The number of nitrogens with zero attached hydrogens (tertiary/aromatic N) is 2. The van der Waals surface area contributed by atoms with Gasteiger partial charge in [0.1, 0.15) is 6.17 Å². The molecule has 0 spiro atoms. The maximum Gasteiger partial charge on any atom is 0.440 e. The Morgan fingerprint density at radius 2 is 1.60 bits per heavy atom. The molecule has 1 aliphatic heterocycles. The van der Waals surface area contributed by atoms with Gasteiger partial charge < -0.3 is 14.8 Å². The van der Waals surface area contributed by atoms with Gasteiger partial charge in [-0.1, -0.05) is 48.5 Å². The summed E-state index contributed by atoms with van der Waals surface area (Å²) in [5.74, 6) is 0. The molecular formula is C22H25N3O4S. The van der Waals surface area contributed by atoms with Crippen molar-refractivity contribution in [3.8, 4) is 0 Å². The van der Waals surface area contributed by atoms with Crippen LogP contribution in [0.4, 0.5) is 15.3 Å². The number of carbonyl (C=O) groups excluding carboxylic acids is 2. The van der Waals surface area contributed by atoms with Crippen molar-refractivity contribution in [3.63, 3.8) is 0 Å². The Morgan fingerprint density at radius 1 is 0.967 bits per heavy atom. The van der Waals surface area contributed by atoms with Crippen molar-refractivity contribution in [3.05, 3.63) is 71.8 Å². The van der Waals surface area contributed by atoms with Gasteiger partial charge in [0.2, 0.25) is 0 Å². The van der Waals surface area contributed by atoms with Crippen molar-refractivity contribution in [1.82, 2.24) is 9.42 Å². The first-order valence-corrected chi connectivity index (χ1v) is 10.5. The Kier molecular flexibility index (Phi) is 7.24. The van der Waals surface area contributed by atoms with Gasteiger partial charge in [-0.25, -0.2) is 9.59 Å². The van der Waals surface area contributed by atoms with Crippen LogP contribution in [-0.4, -0.2) is 41.0 Å². The van der Waals surface area contributed by atoms with Crippen LogP contribution in [0.1, 0.15) is 25.0 Å². The molecule has 0 radical (unpaired) electrons. The normalized spacial score (nSPS) is 16.0. The van der Waals surface area contributed by atoms with Crippen molar-refractivity contribution >= 4 is 34.7 Å². The van der Waals surface area contributed by atoms with Crippen LogP contribution in [0.15, 0.2) is 60.7 Å². The van der Waals surface area contributed by atoms with Crippen molar-refractivity contribution in [1.29, 1.82) is 0 Å². The molecule has 8 heteroatoms. The standard InChI is InChI=1S/C22H25N3O4S/c1-4-28-21(26)24-20(23-18-14-10-9-11-16(18)3)15-19(17-12-7-6-8-13-17)30-25(24)22(27)29-5-2/h6-15,20,23H,4-5H2,1-3H3. The van der Waals surface area contributed by atoms with Crippen LogP contribution < -0.4 is 5.32 Å². The first-order valence-electron chi connectivity index (χ1n) is 9.75. The molecule has 2 aromatic rings. The van der Waals surface area contributed by atoms with Gasteiger partial charge in [-0.05, 0) is 44.0 Å². The highest BCUT2D eigenvalue weighted by Gasteiger charge is 2.39. The molecule has 1 heterocycles. The quantitative estimate of drug-likeness (QED) is 0.656. The van der Waals surface area contributed by atoms with Crippen molar-refractivity contribution < 1.29 is 19.1 Å². The summed E-state index contributed by atoms with van der Waals surface area (Å²) in [6.07, 6.45) is -0.0498. The number of hydrazine groups is 1. The molecule has 7 nitrogen and oxygen atoms in total. The van der Waals surface area contributed by atoms with Crippen molar-refractivity contribution in [2.45, 2.75) is 26.9 Å². The predicted octanol–water partition coefficient (Wildman–Crippen LogP) is 5.27. The third-order valence-electron chi connectivity index (χ3n) is 4.34. The fourth-order valence-corrected chi connectivity index (χ4v) is 3.93. The molecule has 2 aromatic carbocycles. The van der Waals surface area contributed by atoms with Crippen LogP contribution >= 0.6 is 11.9 Å². The highest BCUT2D eigenvalue weighted by molar-refractivity contribution is 8.06. The van der Waals surface area contributed by atoms with Gasteiger partial charge in [0, 0.05) is 22.5 Å². The van der Waals surface area contributed by atoms with Gasteiger partial charge in [-0.15, -0.1) is 4.41 Å². The predicted molar refractivity (Wildman–Crippen MR) is 118 cm³/mol. The molecule has 3 rings (SSSR count). The number of carbonyl (C=O) groups is 2. The maximum atomic E-state index is 12.8. The summed E-state index contributed by atoms with van der Waals surface area (Å²) < 4.78 is 11.7. The van der Waals surface area contributed by atoms with E-state index in [1.165, 1.54) is 9.42 Å². The van der Waals surface area contributed by atoms with E-state index in [0.29, 0.717) is 0 Å². The minimum absolute atomic E-state index is 0.184. The molecule has 0 fully saturated rings. The van der Waals surface area contributed by atoms with Crippen molar-refractivity contribution in [2.24, 2.45) is 0 Å². The summed E-state index contributed by atoms with van der Waals surface area (Å²) >= 11 is 1.12. The smallest absolute Gasteiger partial charge is 0.440 e. The number of nitrogens with one attached hydrogen (secondary N) is 1. The lowest BCUT2D eigenvalue weighted by Gasteiger charge is -2.40. The van der Waals surface area contributed by atoms with E-state index in [1.807, 2.05) is 67.6 Å². The molecular weight excluding hydrogens is 402 g/mol. The zero-order chi connectivity index (χ0) is 21.5. The lowest BCUT2D eigenvalue weighted by Crippen LogP contribution is -2.55. The topological polar surface area (TPSA) is 71.1 Å². The molecule has 0 bridgehead atoms. The van der Waals surface area contributed by atoms with Crippen LogP contribution in [0.25, 0.3) is 4.91 Å². The monoisotopic (exact) mass is 427 g/mol. The summed E-state index contributed by atoms with van der Waals surface area (Å²) in [6, 6.07) is 17.4. The fraction of sp³-hybridized carbons (Fsp3) is 0.273. The van der Waals surface area contributed by atoms with E-state index in [-0.39, 0.29) is 13.2 Å². The lowest BCUT2D eigenvalue weighted by atomic mass is 10.1. The molecule has 1 N–H and O–H groups in total. The number of rotatable bonds is 5. The van der Waals surface area contributed by atoms with Gasteiger partial charge in [-0.2, -0.15) is 5.01 Å². The number of hydrogen-bond acceptors (Lipinski definition) is 6. The van der Waals surface area contributed by atoms with Crippen LogP contribution in [0.5, 0.6) is 0 Å². The molecule has 1 unspecified atom stereocenters. The summed E-state index contributed by atoms with van der Waals surface area (Å²) in [5, 5.41) is 4.59. The average Bonchev–Trinajstić information content (AvgIpc) is 2.75. The fourth-order valence-electron chi connectivity index (χ4n) is 2.92. The van der Waals surface area contributed by atoms with E-state index in [9.17, 15) is 9.59 Å². The second-order valence-electron chi connectivity index (χ2n) is 6.41. The van der Waals surface area contributed by atoms with Gasteiger partial charge in [0.25, 0.3) is 0 Å². The van der Waals surface area contributed by atoms with Gasteiger partial charge >= 0.3 is 12.2 Å². The van der Waals surface area contributed by atoms with E-state index in [2.05, 4.69) is 5.32 Å². The van der Waals surface area contributed by atoms with Gasteiger partial charge in [0.05, 0.1) is 13.2 Å². The summed E-state index contributed by atoms with van der Waals surface area (Å²) in [6.45, 7) is 5.78. The Labute approximate surface area is 180 Å². The molecule has 0 aliphatic carbocycles. The summed E-state index contributed by atoms with van der Waals surface area (Å²) in [7, 11) is 0. The van der Waals surface area contributed by atoms with Crippen LogP contribution in [0.3, 0.4) is 0 Å². The third kappa shape index (κ3) is 4.88. The molecule has 0 saturated heterocycles. The van der Waals surface area contributed by atoms with Crippen molar-refractivity contribution in [2.75, 3.05) is 18.5 Å². The van der Waals surface area contributed by atoms with E-state index in [0.717, 1.165) is 33.7 Å². The minimum atomic E-state index is -0.661. The largest absolute Gasteiger partial charge is 0.448 e. The molecule has 1 atom stereocenters. The van der Waals surface area contributed by atoms with E-state index in [4.69, 9.17) is 9.47 Å². The Balaban J connectivity index is 2.05. The van der Waals surface area contributed by atoms with E-state index >= 15 is 0 Å². The zero-order valence-electron chi connectivity index (χ0n) is 17.2. The SMILES string of the molecule is CCOC(=O)N1SC(c2ccccc2)=CC(Nc2ccccc2C)N1C(=O)OCC. The Hall–Kier alpha value is -3.13. The summed E-state index contributed by atoms with van der Waals surface area (Å²) in [4.78, 5) is 26.4. The average molecular weight is 428 g/mol. The minimum Gasteiger partial charge on any atom is -0.448 e. The second kappa shape index (κ2) is 10.1. The Bertz CT molecular complexity index is 920. The second-order valence-corrected chi connectivity index (χ2v) is 7.38. The zero-order valence-corrected chi connectivity index (χ0v) is 18.0. The van der Waals surface area contributed by atoms with Gasteiger partial charge in [0.15, 0.2) is 0 Å². The number of benzene rings is 2.